The first-order chi connectivity index (χ1) is 11.0. The molecule has 1 aliphatic heterocycles. The summed E-state index contributed by atoms with van der Waals surface area (Å²) in [6.45, 7) is 1.87. The number of phenols is 1. The van der Waals surface area contributed by atoms with Crippen molar-refractivity contribution in [3.63, 3.8) is 0 Å². The lowest BCUT2D eigenvalue weighted by molar-refractivity contribution is 0.475. The van der Waals surface area contributed by atoms with Crippen LogP contribution < -0.4 is 16.6 Å². The van der Waals surface area contributed by atoms with Gasteiger partial charge in [0.2, 0.25) is 0 Å². The SMILES string of the molecule is Cc1[nH]nc2c1[C@@H](c1ccc(O)cc1)c1c([nH]c(=O)[nH]c1=O)N2. The first-order valence-electron chi connectivity index (χ1n) is 7.02. The van der Waals surface area contributed by atoms with Gasteiger partial charge in [-0.3, -0.25) is 19.9 Å². The van der Waals surface area contributed by atoms with Crippen LogP contribution in [0.15, 0.2) is 33.9 Å². The topological polar surface area (TPSA) is 127 Å². The van der Waals surface area contributed by atoms with Gasteiger partial charge in [-0.05, 0) is 24.6 Å². The Morgan fingerprint density at radius 1 is 1.09 bits per heavy atom. The predicted octanol–water partition coefficient (Wildman–Crippen LogP) is 1.04. The van der Waals surface area contributed by atoms with Crippen LogP contribution in [0.5, 0.6) is 5.75 Å². The number of aromatic nitrogens is 4. The fraction of sp³-hybridized carbons (Fsp3) is 0.133. The number of fused-ring (bicyclic) bond motifs is 2. The molecule has 0 saturated heterocycles. The van der Waals surface area contributed by atoms with E-state index in [0.717, 1.165) is 16.8 Å². The minimum atomic E-state index is -0.582. The fourth-order valence-electron chi connectivity index (χ4n) is 3.02. The molecule has 2 aromatic heterocycles. The normalized spacial score (nSPS) is 15.6. The highest BCUT2D eigenvalue weighted by molar-refractivity contribution is 5.71. The number of nitrogens with zero attached hydrogens (tertiary/aromatic N) is 1. The summed E-state index contributed by atoms with van der Waals surface area (Å²) < 4.78 is 0. The van der Waals surface area contributed by atoms with Crippen molar-refractivity contribution in [3.05, 3.63) is 67.5 Å². The van der Waals surface area contributed by atoms with E-state index in [2.05, 4.69) is 25.5 Å². The minimum Gasteiger partial charge on any atom is -0.508 e. The van der Waals surface area contributed by atoms with Crippen LogP contribution >= 0.6 is 0 Å². The number of hydrogen-bond acceptors (Lipinski definition) is 5. The fourth-order valence-corrected chi connectivity index (χ4v) is 3.02. The molecular weight excluding hydrogens is 298 g/mol. The lowest BCUT2D eigenvalue weighted by Crippen LogP contribution is -2.31. The summed E-state index contributed by atoms with van der Waals surface area (Å²) in [4.78, 5) is 28.8. The standard InChI is InChI=1S/C15H13N5O3/c1-6-9-10(7-2-4-8(21)5-3-7)11-12(16-13(9)20-19-6)17-15(23)18-14(11)22/h2-5,10,21H,1H3,(H4,16,17,18,19,20,22,23)/t10-/m1/s1. The van der Waals surface area contributed by atoms with Crippen LogP contribution in [0.25, 0.3) is 0 Å². The van der Waals surface area contributed by atoms with Gasteiger partial charge >= 0.3 is 5.69 Å². The zero-order chi connectivity index (χ0) is 16.1. The van der Waals surface area contributed by atoms with Crippen LogP contribution in [0.4, 0.5) is 11.6 Å². The van der Waals surface area contributed by atoms with Crippen molar-refractivity contribution < 1.29 is 5.11 Å². The average Bonchev–Trinajstić information content (AvgIpc) is 2.87. The minimum absolute atomic E-state index is 0.141. The lowest BCUT2D eigenvalue weighted by Gasteiger charge is -2.25. The maximum absolute atomic E-state index is 12.4. The number of aromatic hydroxyl groups is 1. The van der Waals surface area contributed by atoms with Crippen LogP contribution in [-0.4, -0.2) is 25.3 Å². The summed E-state index contributed by atoms with van der Waals surface area (Å²) in [5.41, 5.74) is 1.84. The Hall–Kier alpha value is -3.29. The second-order valence-electron chi connectivity index (χ2n) is 5.46. The molecule has 23 heavy (non-hydrogen) atoms. The number of benzene rings is 1. The molecule has 0 saturated carbocycles. The molecule has 3 aromatic rings. The van der Waals surface area contributed by atoms with Gasteiger partial charge in [-0.1, -0.05) is 12.1 Å². The van der Waals surface area contributed by atoms with Gasteiger partial charge in [0, 0.05) is 17.2 Å². The molecule has 0 aliphatic carbocycles. The largest absolute Gasteiger partial charge is 0.508 e. The van der Waals surface area contributed by atoms with Crippen molar-refractivity contribution in [1.29, 1.82) is 0 Å². The van der Waals surface area contributed by atoms with E-state index in [0.29, 0.717) is 17.2 Å². The highest BCUT2D eigenvalue weighted by Gasteiger charge is 2.33. The van der Waals surface area contributed by atoms with Crippen molar-refractivity contribution in [2.75, 3.05) is 5.32 Å². The van der Waals surface area contributed by atoms with Crippen LogP contribution in [0.1, 0.15) is 28.3 Å². The second-order valence-corrected chi connectivity index (χ2v) is 5.46. The van der Waals surface area contributed by atoms with Gasteiger partial charge in [0.05, 0.1) is 5.56 Å². The Balaban J connectivity index is 2.04. The number of rotatable bonds is 1. The number of aromatic amines is 3. The van der Waals surface area contributed by atoms with Crippen LogP contribution in [0.3, 0.4) is 0 Å². The molecule has 0 unspecified atom stereocenters. The maximum Gasteiger partial charge on any atom is 0.327 e. The van der Waals surface area contributed by atoms with E-state index < -0.39 is 17.2 Å². The van der Waals surface area contributed by atoms with Gasteiger partial charge in [0.1, 0.15) is 11.6 Å². The van der Waals surface area contributed by atoms with Crippen molar-refractivity contribution in [2.45, 2.75) is 12.8 Å². The van der Waals surface area contributed by atoms with E-state index in [1.165, 1.54) is 0 Å². The van der Waals surface area contributed by atoms with E-state index in [1.54, 1.807) is 24.3 Å². The number of H-pyrrole nitrogens is 3. The lowest BCUT2D eigenvalue weighted by atomic mass is 9.83. The molecule has 3 heterocycles. The van der Waals surface area contributed by atoms with E-state index in [4.69, 9.17) is 0 Å². The zero-order valence-corrected chi connectivity index (χ0v) is 12.1. The summed E-state index contributed by atoms with van der Waals surface area (Å²) in [6.07, 6.45) is 0. The highest BCUT2D eigenvalue weighted by Crippen LogP contribution is 2.42. The Kier molecular flexibility index (Phi) is 2.68. The van der Waals surface area contributed by atoms with Crippen molar-refractivity contribution in [1.82, 2.24) is 20.2 Å². The van der Waals surface area contributed by atoms with Crippen LogP contribution in [0, 0.1) is 6.92 Å². The number of aryl methyl sites for hydroxylation is 1. The molecule has 1 aliphatic rings. The molecule has 0 amide bonds. The van der Waals surface area contributed by atoms with Crippen molar-refractivity contribution >= 4 is 11.6 Å². The van der Waals surface area contributed by atoms with Gasteiger partial charge in [-0.25, -0.2) is 4.79 Å². The molecule has 0 spiro atoms. The van der Waals surface area contributed by atoms with Gasteiger partial charge in [0.25, 0.3) is 5.56 Å². The van der Waals surface area contributed by atoms with Gasteiger partial charge in [0.15, 0.2) is 5.82 Å². The van der Waals surface area contributed by atoms with Crippen LogP contribution in [-0.2, 0) is 0 Å². The molecule has 116 valence electrons. The third-order valence-corrected chi connectivity index (χ3v) is 4.02. The molecule has 0 bridgehead atoms. The first-order valence-corrected chi connectivity index (χ1v) is 7.02. The molecule has 5 N–H and O–H groups in total. The van der Waals surface area contributed by atoms with Crippen LogP contribution in [0.2, 0.25) is 0 Å². The summed E-state index contributed by atoms with van der Waals surface area (Å²) >= 11 is 0. The number of nitrogens with one attached hydrogen (secondary N) is 4. The predicted molar refractivity (Wildman–Crippen MR) is 83.3 cm³/mol. The summed E-state index contributed by atoms with van der Waals surface area (Å²) in [7, 11) is 0. The van der Waals surface area contributed by atoms with Gasteiger partial charge < -0.3 is 10.4 Å². The second kappa shape index (κ2) is 4.60. The zero-order valence-electron chi connectivity index (χ0n) is 12.1. The molecule has 8 nitrogen and oxygen atoms in total. The number of hydrogen-bond donors (Lipinski definition) is 5. The molecule has 8 heteroatoms. The van der Waals surface area contributed by atoms with E-state index >= 15 is 0 Å². The highest BCUT2D eigenvalue weighted by atomic mass is 16.3. The molecule has 1 atom stereocenters. The van der Waals surface area contributed by atoms with E-state index in [1.807, 2.05) is 6.92 Å². The van der Waals surface area contributed by atoms with E-state index in [9.17, 15) is 14.7 Å². The summed E-state index contributed by atoms with van der Waals surface area (Å²) in [6, 6.07) is 6.61. The molecule has 1 aromatic carbocycles. The summed E-state index contributed by atoms with van der Waals surface area (Å²) in [5.74, 6) is 0.633. The Morgan fingerprint density at radius 3 is 2.57 bits per heavy atom. The third-order valence-electron chi connectivity index (χ3n) is 4.02. The summed E-state index contributed by atoms with van der Waals surface area (Å²) in [5, 5.41) is 19.6. The van der Waals surface area contributed by atoms with Crippen molar-refractivity contribution in [3.8, 4) is 5.75 Å². The molecule has 4 rings (SSSR count). The van der Waals surface area contributed by atoms with Crippen molar-refractivity contribution in [2.24, 2.45) is 0 Å². The van der Waals surface area contributed by atoms with Gasteiger partial charge in [-0.2, -0.15) is 5.10 Å². The Bertz CT molecular complexity index is 1010. The number of phenolic OH excluding ortho intramolecular Hbond substituents is 1. The Labute approximate surface area is 129 Å². The average molecular weight is 311 g/mol. The molecule has 0 fully saturated rings. The van der Waals surface area contributed by atoms with E-state index in [-0.39, 0.29) is 5.75 Å². The Morgan fingerprint density at radius 2 is 1.83 bits per heavy atom. The molecular formula is C15H13N5O3. The maximum atomic E-state index is 12.4. The monoisotopic (exact) mass is 311 g/mol. The van der Waals surface area contributed by atoms with Gasteiger partial charge in [-0.15, -0.1) is 0 Å². The number of anilines is 2. The molecule has 0 radical (unpaired) electrons. The first kappa shape index (κ1) is 13.4. The quantitative estimate of drug-likeness (QED) is 0.359. The smallest absolute Gasteiger partial charge is 0.327 e. The third kappa shape index (κ3) is 1.95.